The largest absolute Gasteiger partial charge is 0.481 e. The average molecular weight is 498 g/mol. The van der Waals surface area contributed by atoms with Crippen LogP contribution in [0.4, 0.5) is 18.9 Å². The zero-order chi connectivity index (χ0) is 24.6. The van der Waals surface area contributed by atoms with E-state index in [1.165, 1.54) is 24.3 Å². The van der Waals surface area contributed by atoms with Gasteiger partial charge >= 0.3 is 12.1 Å². The maximum atomic E-state index is 13.7. The Balaban J connectivity index is 1.64. The van der Waals surface area contributed by atoms with E-state index in [1.54, 1.807) is 12.1 Å². The normalized spacial score (nSPS) is 17.7. The van der Waals surface area contributed by atoms with Gasteiger partial charge in [0, 0.05) is 0 Å². The van der Waals surface area contributed by atoms with Gasteiger partial charge in [-0.2, -0.15) is 13.2 Å². The smallest absolute Gasteiger partial charge is 0.392 e. The molecule has 0 aromatic heterocycles. The van der Waals surface area contributed by atoms with Gasteiger partial charge in [-0.15, -0.1) is 0 Å². The molecule has 2 aromatic rings. The number of benzene rings is 2. The van der Waals surface area contributed by atoms with Crippen LogP contribution < -0.4 is 14.8 Å². The van der Waals surface area contributed by atoms with Crippen molar-refractivity contribution < 1.29 is 37.3 Å². The third-order valence-corrected chi connectivity index (χ3v) is 6.65. The summed E-state index contributed by atoms with van der Waals surface area (Å²) in [6.07, 6.45) is -2.91. The van der Waals surface area contributed by atoms with Crippen molar-refractivity contribution in [2.45, 2.75) is 44.2 Å². The Kier molecular flexibility index (Phi) is 6.66. The van der Waals surface area contributed by atoms with Crippen molar-refractivity contribution in [1.29, 1.82) is 0 Å². The quantitative estimate of drug-likeness (QED) is 0.470. The number of amides is 1. The lowest BCUT2D eigenvalue weighted by atomic mass is 9.85. The van der Waals surface area contributed by atoms with Gasteiger partial charge in [-0.25, -0.2) is 0 Å². The minimum Gasteiger partial charge on any atom is -0.481 e. The second kappa shape index (κ2) is 9.37. The molecule has 2 aliphatic rings. The van der Waals surface area contributed by atoms with E-state index in [2.05, 4.69) is 5.32 Å². The predicted molar refractivity (Wildman–Crippen MR) is 118 cm³/mol. The minimum atomic E-state index is -4.64. The molecule has 1 aliphatic carbocycles. The summed E-state index contributed by atoms with van der Waals surface area (Å²) in [7, 11) is 0. The molecule has 6 nitrogen and oxygen atoms in total. The number of hydrogen-bond acceptors (Lipinski definition) is 4. The summed E-state index contributed by atoms with van der Waals surface area (Å²) in [5.41, 5.74) is 0.939. The van der Waals surface area contributed by atoms with Crippen molar-refractivity contribution in [2.24, 2.45) is 11.8 Å². The number of ether oxygens (including phenoxy) is 2. The molecular weight excluding hydrogens is 475 g/mol. The number of carboxylic acids is 1. The van der Waals surface area contributed by atoms with Gasteiger partial charge in [-0.05, 0) is 60.1 Å². The van der Waals surface area contributed by atoms with Crippen molar-refractivity contribution in [2.75, 3.05) is 12.1 Å². The standard InChI is InChI=1S/C24H23ClF3NO5/c1-12(24(26,27)28)22(15-5-7-19-20(9-15)34-11-33-19)23(32)29-18-8-14(4-6-17(18)25)16(10-21(30)31)13-2-3-13/h4-9,12-13,16,22H,2-3,10-11H2,1H3,(H,29,32)(H,30,31)/t12-,16+,22+/m1/s1. The summed E-state index contributed by atoms with van der Waals surface area (Å²) in [4.78, 5) is 24.5. The van der Waals surface area contributed by atoms with Gasteiger partial charge in [-0.1, -0.05) is 30.7 Å². The van der Waals surface area contributed by atoms with Crippen molar-refractivity contribution in [3.8, 4) is 11.5 Å². The molecule has 1 saturated carbocycles. The Hall–Kier alpha value is -2.94. The fourth-order valence-electron chi connectivity index (χ4n) is 4.29. The van der Waals surface area contributed by atoms with E-state index >= 15 is 0 Å². The molecule has 1 amide bonds. The van der Waals surface area contributed by atoms with Gasteiger partial charge in [0.25, 0.3) is 0 Å². The summed E-state index contributed by atoms with van der Waals surface area (Å²) < 4.78 is 51.6. The number of carbonyl (C=O) groups is 2. The fourth-order valence-corrected chi connectivity index (χ4v) is 4.45. The van der Waals surface area contributed by atoms with Crippen molar-refractivity contribution in [3.05, 3.63) is 52.5 Å². The van der Waals surface area contributed by atoms with Crippen molar-refractivity contribution in [1.82, 2.24) is 0 Å². The molecule has 0 unspecified atom stereocenters. The number of carbonyl (C=O) groups excluding carboxylic acids is 1. The van der Waals surface area contributed by atoms with Crippen LogP contribution in [0.1, 0.15) is 49.1 Å². The monoisotopic (exact) mass is 497 g/mol. The van der Waals surface area contributed by atoms with Crippen LogP contribution in [-0.4, -0.2) is 30.0 Å². The minimum absolute atomic E-state index is 0.0502. The first-order valence-corrected chi connectivity index (χ1v) is 11.2. The Morgan fingerprint density at radius 3 is 2.44 bits per heavy atom. The second-order valence-electron chi connectivity index (χ2n) is 8.69. The third-order valence-electron chi connectivity index (χ3n) is 6.32. The number of alkyl halides is 3. The lowest BCUT2D eigenvalue weighted by molar-refractivity contribution is -0.178. The van der Waals surface area contributed by atoms with E-state index in [0.717, 1.165) is 19.8 Å². The molecule has 1 fully saturated rings. The van der Waals surface area contributed by atoms with E-state index in [0.29, 0.717) is 11.3 Å². The molecule has 182 valence electrons. The SMILES string of the molecule is C[C@H]([C@H](C(=O)Nc1cc([C@@H](CC(=O)O)C2CC2)ccc1Cl)c1ccc2c(c1)OCO2)C(F)(F)F. The van der Waals surface area contributed by atoms with Gasteiger partial charge in [0.05, 0.1) is 29.0 Å². The van der Waals surface area contributed by atoms with Crippen LogP contribution in [0.5, 0.6) is 11.5 Å². The first-order chi connectivity index (χ1) is 16.0. The molecule has 0 bridgehead atoms. The molecule has 1 aliphatic heterocycles. The lowest BCUT2D eigenvalue weighted by Gasteiger charge is -2.26. The van der Waals surface area contributed by atoms with Crippen LogP contribution in [0.15, 0.2) is 36.4 Å². The van der Waals surface area contributed by atoms with Crippen LogP contribution in [0.25, 0.3) is 0 Å². The summed E-state index contributed by atoms with van der Waals surface area (Å²) in [5.74, 6) is -4.79. The zero-order valence-corrected chi connectivity index (χ0v) is 18.9. The number of rotatable bonds is 8. The van der Waals surface area contributed by atoms with Gasteiger partial charge < -0.3 is 19.9 Å². The van der Waals surface area contributed by atoms with Crippen LogP contribution in [-0.2, 0) is 9.59 Å². The number of carboxylic acid groups (broad SMARTS) is 1. The van der Waals surface area contributed by atoms with Crippen LogP contribution in [0.2, 0.25) is 5.02 Å². The van der Waals surface area contributed by atoms with Gasteiger partial charge in [0.1, 0.15) is 0 Å². The highest BCUT2D eigenvalue weighted by Crippen LogP contribution is 2.46. The van der Waals surface area contributed by atoms with E-state index in [-0.39, 0.29) is 47.1 Å². The number of nitrogens with one attached hydrogen (secondary N) is 1. The molecule has 2 aromatic carbocycles. The van der Waals surface area contributed by atoms with E-state index in [4.69, 9.17) is 21.1 Å². The highest BCUT2D eigenvalue weighted by atomic mass is 35.5. The summed E-state index contributed by atoms with van der Waals surface area (Å²) >= 11 is 6.25. The van der Waals surface area contributed by atoms with Crippen LogP contribution in [0.3, 0.4) is 0 Å². The first kappa shape index (κ1) is 24.2. The van der Waals surface area contributed by atoms with E-state index in [1.807, 2.05) is 0 Å². The summed E-state index contributed by atoms with van der Waals surface area (Å²) in [6, 6.07) is 9.03. The molecular formula is C24H23ClF3NO5. The maximum absolute atomic E-state index is 13.7. The zero-order valence-electron chi connectivity index (χ0n) is 18.2. The molecule has 10 heteroatoms. The Morgan fingerprint density at radius 2 is 1.79 bits per heavy atom. The Labute approximate surface area is 199 Å². The average Bonchev–Trinajstić information content (AvgIpc) is 3.50. The molecule has 0 radical (unpaired) electrons. The van der Waals surface area contributed by atoms with E-state index < -0.39 is 29.9 Å². The second-order valence-corrected chi connectivity index (χ2v) is 9.10. The van der Waals surface area contributed by atoms with Gasteiger partial charge in [-0.3, -0.25) is 9.59 Å². The highest BCUT2D eigenvalue weighted by Gasteiger charge is 2.45. The van der Waals surface area contributed by atoms with Crippen molar-refractivity contribution >= 4 is 29.2 Å². The van der Waals surface area contributed by atoms with Gasteiger partial charge in [0.15, 0.2) is 11.5 Å². The molecule has 1 heterocycles. The van der Waals surface area contributed by atoms with Crippen LogP contribution in [0, 0.1) is 11.8 Å². The fraction of sp³-hybridized carbons (Fsp3) is 0.417. The first-order valence-electron chi connectivity index (χ1n) is 10.8. The molecule has 0 spiro atoms. The highest BCUT2D eigenvalue weighted by molar-refractivity contribution is 6.33. The maximum Gasteiger partial charge on any atom is 0.392 e. The number of halogens is 4. The molecule has 34 heavy (non-hydrogen) atoms. The molecule has 4 rings (SSSR count). The number of anilines is 1. The van der Waals surface area contributed by atoms with Crippen molar-refractivity contribution in [3.63, 3.8) is 0 Å². The van der Waals surface area contributed by atoms with Crippen LogP contribution >= 0.6 is 11.6 Å². The number of aliphatic carboxylic acids is 1. The predicted octanol–water partition coefficient (Wildman–Crippen LogP) is 5.96. The Bertz CT molecular complexity index is 1100. The number of fused-ring (bicyclic) bond motifs is 1. The summed E-state index contributed by atoms with van der Waals surface area (Å²) in [5, 5.41) is 12.0. The molecule has 2 N–H and O–H groups in total. The Morgan fingerprint density at radius 1 is 1.12 bits per heavy atom. The number of hydrogen-bond donors (Lipinski definition) is 2. The van der Waals surface area contributed by atoms with Gasteiger partial charge in [0.2, 0.25) is 12.7 Å². The molecule has 0 saturated heterocycles. The summed E-state index contributed by atoms with van der Waals surface area (Å²) in [6.45, 7) is 0.897. The topological polar surface area (TPSA) is 84.9 Å². The van der Waals surface area contributed by atoms with E-state index in [9.17, 15) is 27.9 Å². The lowest BCUT2D eigenvalue weighted by Crippen LogP contribution is -2.34. The third kappa shape index (κ3) is 5.24. The molecule has 3 atom stereocenters.